The van der Waals surface area contributed by atoms with E-state index in [1.807, 2.05) is 41.8 Å². The number of ether oxygens (including phenoxy) is 1. The van der Waals surface area contributed by atoms with Gasteiger partial charge in [-0.3, -0.25) is 9.36 Å². The number of allylic oxidation sites excluding steroid dienone is 1. The van der Waals surface area contributed by atoms with Gasteiger partial charge in [0.1, 0.15) is 16.8 Å². The van der Waals surface area contributed by atoms with Gasteiger partial charge in [0.15, 0.2) is 17.1 Å². The number of thioether (sulfide) groups is 1. The van der Waals surface area contributed by atoms with Gasteiger partial charge in [-0.2, -0.15) is 5.26 Å². The second kappa shape index (κ2) is 12.0. The number of anilines is 1. The predicted molar refractivity (Wildman–Crippen MR) is 140 cm³/mol. The van der Waals surface area contributed by atoms with Crippen LogP contribution in [0, 0.1) is 11.3 Å². The highest BCUT2D eigenvalue weighted by Crippen LogP contribution is 2.36. The fourth-order valence-electron chi connectivity index (χ4n) is 4.18. The van der Waals surface area contributed by atoms with Crippen LogP contribution in [0.4, 0.5) is 5.00 Å². The van der Waals surface area contributed by atoms with Gasteiger partial charge in [0.2, 0.25) is 5.91 Å². The van der Waals surface area contributed by atoms with Gasteiger partial charge >= 0.3 is 0 Å². The Kier molecular flexibility index (Phi) is 8.61. The van der Waals surface area contributed by atoms with Gasteiger partial charge in [-0.1, -0.05) is 48.9 Å². The minimum absolute atomic E-state index is 0.163. The Morgan fingerprint density at radius 2 is 2.06 bits per heavy atom. The summed E-state index contributed by atoms with van der Waals surface area (Å²) in [6, 6.07) is 11.9. The molecule has 4 rings (SSSR count). The standard InChI is InChI=1S/C26H29N5O2S2/c1-3-15-31-24(18(2)33-19-11-7-6-8-12-19)29-30-26(31)34-17-23(32)28-25-21(16-27)20-13-9-4-5-10-14-22(20)35-25/h3,6-8,11-12,18H,1,4-5,9-10,13-15,17H2,2H3,(H,28,32). The van der Waals surface area contributed by atoms with Crippen LogP contribution in [0.2, 0.25) is 0 Å². The Balaban J connectivity index is 1.43. The number of nitrogens with one attached hydrogen (secondary N) is 1. The molecule has 0 radical (unpaired) electrons. The number of benzene rings is 1. The van der Waals surface area contributed by atoms with Crippen LogP contribution in [-0.2, 0) is 24.2 Å². The summed E-state index contributed by atoms with van der Waals surface area (Å²) >= 11 is 2.86. The second-order valence-electron chi connectivity index (χ2n) is 8.38. The summed E-state index contributed by atoms with van der Waals surface area (Å²) in [4.78, 5) is 14.1. The van der Waals surface area contributed by atoms with Gasteiger partial charge in [-0.25, -0.2) is 0 Å². The van der Waals surface area contributed by atoms with Crippen molar-refractivity contribution in [2.75, 3.05) is 11.1 Å². The third-order valence-corrected chi connectivity index (χ3v) is 8.02. The van der Waals surface area contributed by atoms with Crippen LogP contribution in [0.3, 0.4) is 0 Å². The molecule has 9 heteroatoms. The first-order valence-corrected chi connectivity index (χ1v) is 13.6. The molecule has 2 aromatic heterocycles. The molecule has 0 saturated carbocycles. The van der Waals surface area contributed by atoms with E-state index in [2.05, 4.69) is 28.2 Å². The summed E-state index contributed by atoms with van der Waals surface area (Å²) in [5.74, 6) is 1.42. The number of hydrogen-bond donors (Lipinski definition) is 1. The smallest absolute Gasteiger partial charge is 0.235 e. The number of rotatable bonds is 9. The molecule has 0 fully saturated rings. The molecule has 0 aliphatic heterocycles. The minimum Gasteiger partial charge on any atom is -0.483 e. The molecule has 0 bridgehead atoms. The van der Waals surface area contributed by atoms with E-state index in [1.54, 1.807) is 17.4 Å². The Bertz CT molecular complexity index is 1210. The average Bonchev–Trinajstić information content (AvgIpc) is 3.38. The normalized spacial score (nSPS) is 14.2. The van der Waals surface area contributed by atoms with Crippen LogP contribution in [-0.4, -0.2) is 26.4 Å². The fraction of sp³-hybridized carbons (Fsp3) is 0.385. The van der Waals surface area contributed by atoms with Crippen LogP contribution in [0.5, 0.6) is 5.75 Å². The third-order valence-electron chi connectivity index (χ3n) is 5.85. The molecule has 1 aromatic carbocycles. The van der Waals surface area contributed by atoms with Gasteiger partial charge < -0.3 is 10.1 Å². The van der Waals surface area contributed by atoms with E-state index >= 15 is 0 Å². The Morgan fingerprint density at radius 3 is 2.80 bits per heavy atom. The Morgan fingerprint density at radius 1 is 1.29 bits per heavy atom. The molecule has 0 spiro atoms. The number of para-hydroxylation sites is 1. The topological polar surface area (TPSA) is 92.8 Å². The molecule has 3 aromatic rings. The van der Waals surface area contributed by atoms with Gasteiger partial charge in [-0.05, 0) is 50.3 Å². The zero-order valence-electron chi connectivity index (χ0n) is 19.8. The molecule has 1 amide bonds. The number of carbonyl (C=O) groups excluding carboxylic acids is 1. The lowest BCUT2D eigenvalue weighted by atomic mass is 9.97. The van der Waals surface area contributed by atoms with Crippen LogP contribution < -0.4 is 10.1 Å². The Labute approximate surface area is 214 Å². The van der Waals surface area contributed by atoms with Gasteiger partial charge in [-0.15, -0.1) is 28.1 Å². The van der Waals surface area contributed by atoms with E-state index in [1.165, 1.54) is 29.5 Å². The molecule has 0 saturated heterocycles. The van der Waals surface area contributed by atoms with Gasteiger partial charge in [0, 0.05) is 11.4 Å². The first kappa shape index (κ1) is 25.0. The molecule has 2 heterocycles. The highest BCUT2D eigenvalue weighted by molar-refractivity contribution is 7.99. The van der Waals surface area contributed by atoms with E-state index in [-0.39, 0.29) is 17.8 Å². The molecule has 1 unspecified atom stereocenters. The van der Waals surface area contributed by atoms with Crippen molar-refractivity contribution in [2.24, 2.45) is 0 Å². The van der Waals surface area contributed by atoms with Gasteiger partial charge in [0.25, 0.3) is 0 Å². The maximum absolute atomic E-state index is 12.8. The first-order chi connectivity index (χ1) is 17.1. The quantitative estimate of drug-likeness (QED) is 0.285. The molecule has 1 aliphatic rings. The van der Waals surface area contributed by atoms with Crippen LogP contribution in [0.1, 0.15) is 60.5 Å². The molecule has 1 aliphatic carbocycles. The van der Waals surface area contributed by atoms with Crippen molar-refractivity contribution in [1.29, 1.82) is 5.26 Å². The number of aromatic nitrogens is 3. The SMILES string of the molecule is C=CCn1c(SCC(=O)Nc2sc3c(c2C#N)CCCCCC3)nnc1C(C)Oc1ccccc1. The number of nitrogens with zero attached hydrogens (tertiary/aromatic N) is 4. The molecule has 1 N–H and O–H groups in total. The summed E-state index contributed by atoms with van der Waals surface area (Å²) in [6.45, 7) is 6.27. The molecular formula is C26H29N5O2S2. The summed E-state index contributed by atoms with van der Waals surface area (Å²) in [7, 11) is 0. The molecule has 182 valence electrons. The Hall–Kier alpha value is -3.09. The highest BCUT2D eigenvalue weighted by atomic mass is 32.2. The molecular weight excluding hydrogens is 478 g/mol. The van der Waals surface area contributed by atoms with E-state index in [4.69, 9.17) is 4.74 Å². The van der Waals surface area contributed by atoms with E-state index in [0.717, 1.165) is 37.0 Å². The summed E-state index contributed by atoms with van der Waals surface area (Å²) in [5, 5.41) is 22.7. The lowest BCUT2D eigenvalue weighted by Crippen LogP contribution is -2.15. The van der Waals surface area contributed by atoms with Crippen LogP contribution in [0.15, 0.2) is 48.1 Å². The number of carbonyl (C=O) groups is 1. The number of aryl methyl sites for hydroxylation is 1. The van der Waals surface area contributed by atoms with Crippen molar-refractivity contribution >= 4 is 34.0 Å². The maximum Gasteiger partial charge on any atom is 0.235 e. The van der Waals surface area contributed by atoms with Crippen molar-refractivity contribution in [1.82, 2.24) is 14.8 Å². The highest BCUT2D eigenvalue weighted by Gasteiger charge is 2.22. The van der Waals surface area contributed by atoms with Crippen molar-refractivity contribution in [3.63, 3.8) is 0 Å². The number of amides is 1. The van der Waals surface area contributed by atoms with Crippen molar-refractivity contribution in [2.45, 2.75) is 63.3 Å². The van der Waals surface area contributed by atoms with E-state index in [0.29, 0.717) is 28.1 Å². The lowest BCUT2D eigenvalue weighted by Gasteiger charge is -2.15. The maximum atomic E-state index is 12.8. The number of nitriles is 1. The van der Waals surface area contributed by atoms with Crippen LogP contribution in [0.25, 0.3) is 0 Å². The molecule has 35 heavy (non-hydrogen) atoms. The lowest BCUT2D eigenvalue weighted by molar-refractivity contribution is -0.113. The number of fused-ring (bicyclic) bond motifs is 1. The van der Waals surface area contributed by atoms with Crippen molar-refractivity contribution < 1.29 is 9.53 Å². The summed E-state index contributed by atoms with van der Waals surface area (Å²) in [5.41, 5.74) is 1.76. The summed E-state index contributed by atoms with van der Waals surface area (Å²) < 4.78 is 7.93. The van der Waals surface area contributed by atoms with Gasteiger partial charge in [0.05, 0.1) is 11.3 Å². The fourth-order valence-corrected chi connectivity index (χ4v) is 6.19. The van der Waals surface area contributed by atoms with Crippen molar-refractivity contribution in [3.05, 3.63) is 64.8 Å². The van der Waals surface area contributed by atoms with Crippen LogP contribution >= 0.6 is 23.1 Å². The van der Waals surface area contributed by atoms with E-state index < -0.39 is 0 Å². The second-order valence-corrected chi connectivity index (χ2v) is 10.4. The first-order valence-electron chi connectivity index (χ1n) is 11.8. The summed E-state index contributed by atoms with van der Waals surface area (Å²) in [6.07, 6.45) is 7.99. The minimum atomic E-state index is -0.322. The largest absolute Gasteiger partial charge is 0.483 e. The average molecular weight is 508 g/mol. The zero-order valence-corrected chi connectivity index (χ0v) is 21.5. The number of hydrogen-bond acceptors (Lipinski definition) is 7. The molecule has 1 atom stereocenters. The monoisotopic (exact) mass is 507 g/mol. The van der Waals surface area contributed by atoms with Crippen molar-refractivity contribution in [3.8, 4) is 11.8 Å². The van der Waals surface area contributed by atoms with E-state index in [9.17, 15) is 10.1 Å². The number of thiophene rings is 1. The molecule has 7 nitrogen and oxygen atoms in total. The third kappa shape index (κ3) is 6.13. The zero-order chi connectivity index (χ0) is 24.6. The predicted octanol–water partition coefficient (Wildman–Crippen LogP) is 5.93.